The molecule has 96 valence electrons. The van der Waals surface area contributed by atoms with E-state index in [-0.39, 0.29) is 0 Å². The van der Waals surface area contributed by atoms with Crippen molar-refractivity contribution in [1.82, 2.24) is 9.97 Å². The molecule has 1 aromatic heterocycles. The van der Waals surface area contributed by atoms with E-state index in [0.29, 0.717) is 5.88 Å². The summed E-state index contributed by atoms with van der Waals surface area (Å²) in [4.78, 5) is 7.61. The van der Waals surface area contributed by atoms with Crippen LogP contribution in [-0.2, 0) is 6.42 Å². The highest BCUT2D eigenvalue weighted by Gasteiger charge is 2.12. The third kappa shape index (κ3) is 2.51. The lowest BCUT2D eigenvalue weighted by atomic mass is 10.0. The number of hydrogen-bond donors (Lipinski definition) is 1. The Bertz CT molecular complexity index is 549. The van der Waals surface area contributed by atoms with Crippen LogP contribution in [0.15, 0.2) is 18.3 Å². The van der Waals surface area contributed by atoms with Gasteiger partial charge in [0.1, 0.15) is 11.6 Å². The summed E-state index contributed by atoms with van der Waals surface area (Å²) in [6.45, 7) is 4.12. The SMILES string of the molecule is COc1c(C)cc(C)cc1-c1cnc(CCCl)[nH]1. The van der Waals surface area contributed by atoms with E-state index in [1.54, 1.807) is 7.11 Å². The number of benzene rings is 1. The molecule has 0 atom stereocenters. The van der Waals surface area contributed by atoms with Gasteiger partial charge in [-0.15, -0.1) is 11.6 Å². The zero-order valence-electron chi connectivity index (χ0n) is 10.9. The van der Waals surface area contributed by atoms with E-state index >= 15 is 0 Å². The van der Waals surface area contributed by atoms with E-state index in [2.05, 4.69) is 29.0 Å². The van der Waals surface area contributed by atoms with Crippen molar-refractivity contribution in [3.05, 3.63) is 35.3 Å². The molecule has 18 heavy (non-hydrogen) atoms. The number of rotatable bonds is 4. The molecule has 0 bridgehead atoms. The fourth-order valence-electron chi connectivity index (χ4n) is 2.14. The fourth-order valence-corrected chi connectivity index (χ4v) is 2.32. The number of imidazole rings is 1. The van der Waals surface area contributed by atoms with Gasteiger partial charge in [-0.2, -0.15) is 0 Å². The number of halogens is 1. The molecule has 3 nitrogen and oxygen atoms in total. The molecule has 2 rings (SSSR count). The molecule has 0 fully saturated rings. The summed E-state index contributed by atoms with van der Waals surface area (Å²) in [5.41, 5.74) is 4.35. The molecule has 4 heteroatoms. The minimum atomic E-state index is 0.566. The predicted octanol–water partition coefficient (Wildman–Crippen LogP) is 3.48. The molecule has 0 unspecified atom stereocenters. The van der Waals surface area contributed by atoms with E-state index in [0.717, 1.165) is 34.8 Å². The second-order valence-electron chi connectivity index (χ2n) is 4.35. The summed E-state index contributed by atoms with van der Waals surface area (Å²) >= 11 is 5.72. The number of nitrogens with zero attached hydrogens (tertiary/aromatic N) is 1. The number of alkyl halides is 1. The normalized spacial score (nSPS) is 10.7. The van der Waals surface area contributed by atoms with Gasteiger partial charge in [-0.1, -0.05) is 6.07 Å². The van der Waals surface area contributed by atoms with Crippen LogP contribution in [0.4, 0.5) is 0 Å². The van der Waals surface area contributed by atoms with Crippen molar-refractivity contribution in [2.45, 2.75) is 20.3 Å². The average molecular weight is 265 g/mol. The van der Waals surface area contributed by atoms with Gasteiger partial charge >= 0.3 is 0 Å². The Morgan fingerprint density at radius 1 is 1.33 bits per heavy atom. The molecule has 2 aromatic rings. The maximum atomic E-state index is 5.72. The first-order valence-corrected chi connectivity index (χ1v) is 6.44. The highest BCUT2D eigenvalue weighted by molar-refractivity contribution is 6.17. The van der Waals surface area contributed by atoms with Crippen molar-refractivity contribution in [3.8, 4) is 17.0 Å². The van der Waals surface area contributed by atoms with E-state index in [1.165, 1.54) is 5.56 Å². The first kappa shape index (κ1) is 13.0. The van der Waals surface area contributed by atoms with E-state index < -0.39 is 0 Å². The summed E-state index contributed by atoms with van der Waals surface area (Å²) in [6.07, 6.45) is 2.58. The minimum absolute atomic E-state index is 0.566. The number of aryl methyl sites for hydroxylation is 3. The molecule has 0 amide bonds. The van der Waals surface area contributed by atoms with Gasteiger partial charge in [-0.25, -0.2) is 4.98 Å². The van der Waals surface area contributed by atoms with Gasteiger partial charge in [-0.3, -0.25) is 0 Å². The van der Waals surface area contributed by atoms with Crippen molar-refractivity contribution < 1.29 is 4.74 Å². The van der Waals surface area contributed by atoms with Crippen molar-refractivity contribution in [2.75, 3.05) is 13.0 Å². The van der Waals surface area contributed by atoms with Crippen LogP contribution >= 0.6 is 11.6 Å². The van der Waals surface area contributed by atoms with Gasteiger partial charge in [0.05, 0.1) is 19.0 Å². The first-order chi connectivity index (χ1) is 8.65. The summed E-state index contributed by atoms with van der Waals surface area (Å²) in [5, 5.41) is 0. The van der Waals surface area contributed by atoms with Crippen molar-refractivity contribution in [1.29, 1.82) is 0 Å². The number of H-pyrrole nitrogens is 1. The summed E-state index contributed by atoms with van der Waals surface area (Å²) in [5.74, 6) is 2.36. The van der Waals surface area contributed by atoms with Crippen LogP contribution in [0.1, 0.15) is 17.0 Å². The van der Waals surface area contributed by atoms with Crippen LogP contribution in [0, 0.1) is 13.8 Å². The summed E-state index contributed by atoms with van der Waals surface area (Å²) < 4.78 is 5.48. The number of hydrogen-bond acceptors (Lipinski definition) is 2. The summed E-state index contributed by atoms with van der Waals surface area (Å²) in [7, 11) is 1.69. The lowest BCUT2D eigenvalue weighted by Crippen LogP contribution is -1.93. The van der Waals surface area contributed by atoms with Crippen LogP contribution in [0.3, 0.4) is 0 Å². The molecule has 1 N–H and O–H groups in total. The number of ether oxygens (including phenoxy) is 1. The van der Waals surface area contributed by atoms with Crippen molar-refractivity contribution in [3.63, 3.8) is 0 Å². The lowest BCUT2D eigenvalue weighted by Gasteiger charge is -2.11. The third-order valence-corrected chi connectivity index (χ3v) is 3.06. The fraction of sp³-hybridized carbons (Fsp3) is 0.357. The van der Waals surface area contributed by atoms with Crippen LogP contribution in [0.25, 0.3) is 11.3 Å². The topological polar surface area (TPSA) is 37.9 Å². The van der Waals surface area contributed by atoms with Crippen LogP contribution in [0.2, 0.25) is 0 Å². The van der Waals surface area contributed by atoms with Gasteiger partial charge in [0.2, 0.25) is 0 Å². The highest BCUT2D eigenvalue weighted by atomic mass is 35.5. The molecular formula is C14H17ClN2O. The first-order valence-electron chi connectivity index (χ1n) is 5.91. The Morgan fingerprint density at radius 2 is 2.11 bits per heavy atom. The lowest BCUT2D eigenvalue weighted by molar-refractivity contribution is 0.413. The Balaban J connectivity index is 2.48. The largest absolute Gasteiger partial charge is 0.496 e. The zero-order chi connectivity index (χ0) is 13.1. The maximum absolute atomic E-state index is 5.72. The number of nitrogens with one attached hydrogen (secondary N) is 1. The standard InChI is InChI=1S/C14H17ClN2O/c1-9-6-10(2)14(18-3)11(7-9)12-8-16-13(17-12)4-5-15/h6-8H,4-5H2,1-3H3,(H,16,17). The van der Waals surface area contributed by atoms with Crippen molar-refractivity contribution >= 4 is 11.6 Å². The molecule has 0 radical (unpaired) electrons. The van der Waals surface area contributed by atoms with Crippen LogP contribution in [-0.4, -0.2) is 23.0 Å². The quantitative estimate of drug-likeness (QED) is 0.859. The van der Waals surface area contributed by atoms with E-state index in [1.807, 2.05) is 13.1 Å². The van der Waals surface area contributed by atoms with Crippen molar-refractivity contribution in [2.24, 2.45) is 0 Å². The van der Waals surface area contributed by atoms with E-state index in [9.17, 15) is 0 Å². The maximum Gasteiger partial charge on any atom is 0.131 e. The van der Waals surface area contributed by atoms with E-state index in [4.69, 9.17) is 16.3 Å². The molecule has 0 spiro atoms. The van der Waals surface area contributed by atoms with Gasteiger partial charge in [0, 0.05) is 17.9 Å². The number of methoxy groups -OCH3 is 1. The van der Waals surface area contributed by atoms with Gasteiger partial charge in [-0.05, 0) is 31.0 Å². The molecule has 0 saturated carbocycles. The molecule has 0 aliphatic rings. The minimum Gasteiger partial charge on any atom is -0.496 e. The molecular weight excluding hydrogens is 248 g/mol. The van der Waals surface area contributed by atoms with Crippen LogP contribution < -0.4 is 4.74 Å². The Hall–Kier alpha value is -1.48. The molecule has 1 heterocycles. The third-order valence-electron chi connectivity index (χ3n) is 2.87. The summed E-state index contributed by atoms with van der Waals surface area (Å²) in [6, 6.07) is 4.21. The molecule has 0 saturated heterocycles. The molecule has 1 aromatic carbocycles. The average Bonchev–Trinajstić information content (AvgIpc) is 2.77. The number of aromatic amines is 1. The second kappa shape index (κ2) is 5.44. The molecule has 0 aliphatic carbocycles. The van der Waals surface area contributed by atoms with Gasteiger partial charge in [0.15, 0.2) is 0 Å². The van der Waals surface area contributed by atoms with Crippen LogP contribution in [0.5, 0.6) is 5.75 Å². The molecule has 0 aliphatic heterocycles. The number of aromatic nitrogens is 2. The highest BCUT2D eigenvalue weighted by Crippen LogP contribution is 2.33. The van der Waals surface area contributed by atoms with Gasteiger partial charge < -0.3 is 9.72 Å². The monoisotopic (exact) mass is 264 g/mol. The Kier molecular flexibility index (Phi) is 3.92. The Morgan fingerprint density at radius 3 is 2.78 bits per heavy atom. The predicted molar refractivity (Wildman–Crippen MR) is 74.5 cm³/mol. The second-order valence-corrected chi connectivity index (χ2v) is 4.72. The Labute approximate surface area is 112 Å². The smallest absolute Gasteiger partial charge is 0.131 e. The van der Waals surface area contributed by atoms with Gasteiger partial charge in [0.25, 0.3) is 0 Å². The zero-order valence-corrected chi connectivity index (χ0v) is 11.6.